The van der Waals surface area contributed by atoms with Gasteiger partial charge in [-0.2, -0.15) is 0 Å². The fourth-order valence-electron chi connectivity index (χ4n) is 1.98. The Kier molecular flexibility index (Phi) is 4.44. The lowest BCUT2D eigenvalue weighted by Gasteiger charge is -2.05. The van der Waals surface area contributed by atoms with Gasteiger partial charge in [-0.05, 0) is 30.5 Å². The van der Waals surface area contributed by atoms with Crippen molar-refractivity contribution in [1.82, 2.24) is 10.2 Å². The van der Waals surface area contributed by atoms with Crippen LogP contribution in [-0.2, 0) is 22.0 Å². The smallest absolute Gasteiger partial charge is 0.264 e. The molecule has 2 N–H and O–H groups in total. The Balaban J connectivity index is 2.15. The lowest BCUT2D eigenvalue weighted by molar-refractivity contribution is 0.594. The fraction of sp³-hybridized carbons (Fsp3) is 0.357. The molecule has 0 saturated heterocycles. The number of hydrogen-bond acceptors (Lipinski definition) is 3. The number of aromatic amines is 2. The summed E-state index contributed by atoms with van der Waals surface area (Å²) in [7, 11) is -3.43. The van der Waals surface area contributed by atoms with Gasteiger partial charge in [-0.3, -0.25) is 9.89 Å². The molecule has 1 aromatic carbocycles. The summed E-state index contributed by atoms with van der Waals surface area (Å²) in [6.07, 6.45) is 3.17. The van der Waals surface area contributed by atoms with Crippen LogP contribution in [0.4, 0.5) is 0 Å². The molecule has 0 atom stereocenters. The highest BCUT2D eigenvalue weighted by molar-refractivity contribution is 7.90. The normalized spacial score (nSPS) is 11.7. The zero-order valence-corrected chi connectivity index (χ0v) is 12.2. The molecule has 0 aliphatic carbocycles. The Morgan fingerprint density at radius 3 is 2.35 bits per heavy atom. The van der Waals surface area contributed by atoms with E-state index in [0.29, 0.717) is 5.69 Å². The maximum Gasteiger partial charge on any atom is 0.264 e. The van der Waals surface area contributed by atoms with Crippen LogP contribution in [0.2, 0.25) is 0 Å². The van der Waals surface area contributed by atoms with E-state index in [4.69, 9.17) is 0 Å². The third-order valence-electron chi connectivity index (χ3n) is 3.10. The van der Waals surface area contributed by atoms with Gasteiger partial charge >= 0.3 is 0 Å². The Morgan fingerprint density at radius 2 is 1.80 bits per heavy atom. The predicted molar refractivity (Wildman–Crippen MR) is 77.4 cm³/mol. The minimum atomic E-state index is -3.43. The van der Waals surface area contributed by atoms with Gasteiger partial charge in [-0.15, -0.1) is 0 Å². The second-order valence-corrected chi connectivity index (χ2v) is 6.78. The van der Waals surface area contributed by atoms with E-state index in [9.17, 15) is 13.2 Å². The lowest BCUT2D eigenvalue weighted by Crippen LogP contribution is -2.05. The van der Waals surface area contributed by atoms with Gasteiger partial charge in [0, 0.05) is 6.07 Å². The minimum Gasteiger partial charge on any atom is -0.301 e. The summed E-state index contributed by atoms with van der Waals surface area (Å²) in [6, 6.07) is 8.22. The van der Waals surface area contributed by atoms with Crippen molar-refractivity contribution in [2.45, 2.75) is 36.8 Å². The van der Waals surface area contributed by atoms with Gasteiger partial charge < -0.3 is 5.10 Å². The van der Waals surface area contributed by atoms with Crippen molar-refractivity contribution in [2.75, 3.05) is 0 Å². The van der Waals surface area contributed by atoms with Gasteiger partial charge in [-0.1, -0.05) is 25.5 Å². The average Bonchev–Trinajstić information content (AvgIpc) is 2.81. The Morgan fingerprint density at radius 1 is 1.10 bits per heavy atom. The van der Waals surface area contributed by atoms with E-state index in [1.807, 2.05) is 12.1 Å². The Labute approximate surface area is 117 Å². The van der Waals surface area contributed by atoms with Crippen LogP contribution in [0.5, 0.6) is 0 Å². The second kappa shape index (κ2) is 6.09. The van der Waals surface area contributed by atoms with E-state index < -0.39 is 9.84 Å². The highest BCUT2D eigenvalue weighted by Crippen LogP contribution is 2.16. The molecular weight excluding hydrogens is 276 g/mol. The van der Waals surface area contributed by atoms with Gasteiger partial charge in [-0.25, -0.2) is 8.42 Å². The molecule has 0 bridgehead atoms. The summed E-state index contributed by atoms with van der Waals surface area (Å²) < 4.78 is 24.4. The molecule has 2 rings (SSSR count). The number of benzene rings is 1. The molecule has 5 nitrogen and oxygen atoms in total. The van der Waals surface area contributed by atoms with E-state index in [-0.39, 0.29) is 16.2 Å². The van der Waals surface area contributed by atoms with Crippen molar-refractivity contribution in [2.24, 2.45) is 0 Å². The first kappa shape index (κ1) is 14.6. The SMILES string of the molecule is CCCCc1ccc(S(=O)(=O)Cc2cc(=O)[nH][nH]2)cc1. The van der Waals surface area contributed by atoms with E-state index in [1.165, 1.54) is 6.07 Å². The number of sulfone groups is 1. The predicted octanol–water partition coefficient (Wildman–Crippen LogP) is 2.02. The first-order valence-electron chi connectivity index (χ1n) is 6.59. The van der Waals surface area contributed by atoms with Crippen molar-refractivity contribution in [1.29, 1.82) is 0 Å². The number of rotatable bonds is 6. The van der Waals surface area contributed by atoms with Gasteiger partial charge in [0.15, 0.2) is 9.84 Å². The number of aryl methyl sites for hydroxylation is 1. The van der Waals surface area contributed by atoms with E-state index in [1.54, 1.807) is 12.1 Å². The van der Waals surface area contributed by atoms with Crippen LogP contribution in [0.15, 0.2) is 40.0 Å². The highest BCUT2D eigenvalue weighted by Gasteiger charge is 2.16. The molecule has 1 heterocycles. The van der Waals surface area contributed by atoms with E-state index >= 15 is 0 Å². The molecule has 0 spiro atoms. The molecule has 0 saturated carbocycles. The second-order valence-electron chi connectivity index (χ2n) is 4.79. The van der Waals surface area contributed by atoms with E-state index in [2.05, 4.69) is 17.1 Å². The fourth-order valence-corrected chi connectivity index (χ4v) is 3.26. The summed E-state index contributed by atoms with van der Waals surface area (Å²) in [6.45, 7) is 2.12. The summed E-state index contributed by atoms with van der Waals surface area (Å²) in [5, 5.41) is 4.88. The van der Waals surface area contributed by atoms with Crippen LogP contribution in [0.1, 0.15) is 31.0 Å². The van der Waals surface area contributed by atoms with Crippen LogP contribution in [0, 0.1) is 0 Å². The van der Waals surface area contributed by atoms with Crippen LogP contribution < -0.4 is 5.56 Å². The highest BCUT2D eigenvalue weighted by atomic mass is 32.2. The molecule has 0 unspecified atom stereocenters. The molecule has 0 radical (unpaired) electrons. The number of H-pyrrole nitrogens is 2. The van der Waals surface area contributed by atoms with Gasteiger partial charge in [0.2, 0.25) is 0 Å². The van der Waals surface area contributed by atoms with Crippen molar-refractivity contribution in [3.05, 3.63) is 51.9 Å². The molecule has 20 heavy (non-hydrogen) atoms. The summed E-state index contributed by atoms with van der Waals surface area (Å²) >= 11 is 0. The molecule has 0 amide bonds. The molecule has 6 heteroatoms. The summed E-state index contributed by atoms with van der Waals surface area (Å²) in [5.74, 6) is -0.208. The largest absolute Gasteiger partial charge is 0.301 e. The number of unbranched alkanes of at least 4 members (excludes halogenated alkanes) is 1. The summed E-state index contributed by atoms with van der Waals surface area (Å²) in [4.78, 5) is 11.3. The third kappa shape index (κ3) is 3.60. The monoisotopic (exact) mass is 294 g/mol. The van der Waals surface area contributed by atoms with Crippen molar-refractivity contribution < 1.29 is 8.42 Å². The van der Waals surface area contributed by atoms with E-state index in [0.717, 1.165) is 24.8 Å². The average molecular weight is 294 g/mol. The Bertz CT molecular complexity index is 711. The molecule has 0 aliphatic rings. The molecule has 2 aromatic rings. The minimum absolute atomic E-state index is 0.208. The molecule has 0 aliphatic heterocycles. The molecule has 0 fully saturated rings. The maximum absolute atomic E-state index is 12.2. The molecular formula is C14H18N2O3S. The first-order valence-corrected chi connectivity index (χ1v) is 8.25. The van der Waals surface area contributed by atoms with Gasteiger partial charge in [0.05, 0.1) is 16.3 Å². The van der Waals surface area contributed by atoms with Crippen molar-refractivity contribution >= 4 is 9.84 Å². The van der Waals surface area contributed by atoms with Gasteiger partial charge in [0.1, 0.15) is 0 Å². The topological polar surface area (TPSA) is 82.8 Å². The van der Waals surface area contributed by atoms with Crippen LogP contribution in [0.25, 0.3) is 0 Å². The summed E-state index contributed by atoms with van der Waals surface area (Å²) in [5.41, 5.74) is 1.18. The van der Waals surface area contributed by atoms with Crippen molar-refractivity contribution in [3.63, 3.8) is 0 Å². The quantitative estimate of drug-likeness (QED) is 0.855. The number of hydrogen-bond donors (Lipinski definition) is 2. The molecule has 1 aromatic heterocycles. The van der Waals surface area contributed by atoms with Crippen LogP contribution in [0.3, 0.4) is 0 Å². The van der Waals surface area contributed by atoms with Crippen LogP contribution in [-0.4, -0.2) is 18.6 Å². The molecule has 108 valence electrons. The zero-order chi connectivity index (χ0) is 14.6. The lowest BCUT2D eigenvalue weighted by atomic mass is 10.1. The number of nitrogens with one attached hydrogen (secondary N) is 2. The zero-order valence-electron chi connectivity index (χ0n) is 11.3. The number of aromatic nitrogens is 2. The standard InChI is InChI=1S/C14H18N2O3S/c1-2-3-4-11-5-7-13(8-6-11)20(18,19)10-12-9-14(17)16-15-12/h5-9H,2-4,10H2,1H3,(H2,15,16,17). The first-order chi connectivity index (χ1) is 9.51. The third-order valence-corrected chi connectivity index (χ3v) is 4.78. The maximum atomic E-state index is 12.2. The van der Waals surface area contributed by atoms with Gasteiger partial charge in [0.25, 0.3) is 5.56 Å². The van der Waals surface area contributed by atoms with Crippen LogP contribution >= 0.6 is 0 Å². The van der Waals surface area contributed by atoms with Crippen molar-refractivity contribution in [3.8, 4) is 0 Å². The Hall–Kier alpha value is -1.82.